The van der Waals surface area contributed by atoms with E-state index in [-0.39, 0.29) is 23.1 Å². The van der Waals surface area contributed by atoms with Crippen LogP contribution in [0.1, 0.15) is 6.92 Å². The lowest BCUT2D eigenvalue weighted by Crippen LogP contribution is -2.27. The van der Waals surface area contributed by atoms with Gasteiger partial charge >= 0.3 is 0 Å². The average molecular weight is 305 g/mol. The van der Waals surface area contributed by atoms with Gasteiger partial charge < -0.3 is 10.5 Å². The molecular formula is C12H17ClN2O3S. The summed E-state index contributed by atoms with van der Waals surface area (Å²) < 4.78 is 31.5. The third kappa shape index (κ3) is 5.20. The number of nitrogens with two attached hydrogens (primary N) is 1. The molecule has 0 radical (unpaired) electrons. The number of sulfonamides is 1. The first-order chi connectivity index (χ1) is 8.83. The SMILES string of the molecule is C=C(C)COCCNS(=O)(=O)c1ccc(N)cc1Cl. The molecule has 5 nitrogen and oxygen atoms in total. The number of hydrogen-bond acceptors (Lipinski definition) is 4. The minimum absolute atomic E-state index is 0.00303. The monoisotopic (exact) mass is 304 g/mol. The molecule has 106 valence electrons. The second kappa shape index (κ2) is 6.91. The molecule has 0 bridgehead atoms. The topological polar surface area (TPSA) is 81.4 Å². The normalized spacial score (nSPS) is 11.5. The summed E-state index contributed by atoms with van der Waals surface area (Å²) in [5.41, 5.74) is 6.80. The molecule has 0 unspecified atom stereocenters. The standard InChI is InChI=1S/C12H17ClN2O3S/c1-9(2)8-18-6-5-15-19(16,17)12-4-3-10(14)7-11(12)13/h3-4,7,15H,1,5-6,8,14H2,2H3. The van der Waals surface area contributed by atoms with Crippen LogP contribution in [-0.2, 0) is 14.8 Å². The third-order valence-corrected chi connectivity index (χ3v) is 4.08. The Balaban J connectivity index is 2.59. The molecule has 0 saturated heterocycles. The molecule has 1 aromatic rings. The molecule has 3 N–H and O–H groups in total. The number of nitrogens with one attached hydrogen (secondary N) is 1. The van der Waals surface area contributed by atoms with Crippen LogP contribution in [0.5, 0.6) is 0 Å². The van der Waals surface area contributed by atoms with Crippen molar-refractivity contribution in [2.24, 2.45) is 0 Å². The smallest absolute Gasteiger partial charge is 0.242 e. The number of hydrogen-bond donors (Lipinski definition) is 2. The van der Waals surface area contributed by atoms with Gasteiger partial charge in [0.2, 0.25) is 10.0 Å². The van der Waals surface area contributed by atoms with Gasteiger partial charge in [0.25, 0.3) is 0 Å². The van der Waals surface area contributed by atoms with Gasteiger partial charge in [0, 0.05) is 12.2 Å². The number of nitrogen functional groups attached to an aromatic ring is 1. The number of benzene rings is 1. The van der Waals surface area contributed by atoms with Crippen molar-refractivity contribution in [1.82, 2.24) is 4.72 Å². The van der Waals surface area contributed by atoms with Crippen molar-refractivity contribution in [1.29, 1.82) is 0 Å². The number of ether oxygens (including phenoxy) is 1. The van der Waals surface area contributed by atoms with Gasteiger partial charge in [0.05, 0.1) is 18.2 Å². The highest BCUT2D eigenvalue weighted by molar-refractivity contribution is 7.89. The van der Waals surface area contributed by atoms with Crippen LogP contribution >= 0.6 is 11.6 Å². The Bertz CT molecular complexity index is 558. The summed E-state index contributed by atoms with van der Waals surface area (Å²) in [6, 6.07) is 4.25. The Morgan fingerprint density at radius 3 is 2.79 bits per heavy atom. The van der Waals surface area contributed by atoms with E-state index in [0.717, 1.165) is 5.57 Å². The first kappa shape index (κ1) is 16.0. The Hall–Kier alpha value is -1.08. The average Bonchev–Trinajstić information content (AvgIpc) is 2.27. The van der Waals surface area contributed by atoms with Crippen molar-refractivity contribution in [2.45, 2.75) is 11.8 Å². The van der Waals surface area contributed by atoms with Crippen LogP contribution < -0.4 is 10.5 Å². The maximum absolute atomic E-state index is 12.0. The highest BCUT2D eigenvalue weighted by Crippen LogP contribution is 2.23. The Morgan fingerprint density at radius 1 is 1.53 bits per heavy atom. The van der Waals surface area contributed by atoms with Crippen LogP contribution in [0.25, 0.3) is 0 Å². The van der Waals surface area contributed by atoms with Crippen LogP contribution in [0.15, 0.2) is 35.2 Å². The quantitative estimate of drug-likeness (QED) is 0.457. The van der Waals surface area contributed by atoms with Crippen molar-refractivity contribution in [3.8, 4) is 0 Å². The van der Waals surface area contributed by atoms with E-state index in [2.05, 4.69) is 11.3 Å². The summed E-state index contributed by atoms with van der Waals surface area (Å²) in [6.07, 6.45) is 0. The second-order valence-electron chi connectivity index (χ2n) is 4.10. The highest BCUT2D eigenvalue weighted by Gasteiger charge is 2.17. The second-order valence-corrected chi connectivity index (χ2v) is 6.24. The van der Waals surface area contributed by atoms with Gasteiger partial charge in [0.15, 0.2) is 0 Å². The molecule has 0 fully saturated rings. The molecule has 0 amide bonds. The summed E-state index contributed by atoms with van der Waals surface area (Å²) in [5, 5.41) is 0.0929. The lowest BCUT2D eigenvalue weighted by atomic mass is 10.3. The van der Waals surface area contributed by atoms with Crippen molar-refractivity contribution in [3.05, 3.63) is 35.4 Å². The zero-order valence-electron chi connectivity index (χ0n) is 10.6. The van der Waals surface area contributed by atoms with E-state index in [1.54, 1.807) is 0 Å². The van der Waals surface area contributed by atoms with Gasteiger partial charge in [-0.1, -0.05) is 23.8 Å². The summed E-state index contributed by atoms with van der Waals surface area (Å²) in [4.78, 5) is 0.00303. The number of halogens is 1. The minimum Gasteiger partial charge on any atom is -0.399 e. The van der Waals surface area contributed by atoms with Gasteiger partial charge in [0.1, 0.15) is 4.90 Å². The Kier molecular flexibility index (Phi) is 5.81. The lowest BCUT2D eigenvalue weighted by molar-refractivity contribution is 0.162. The Labute approximate surface area is 118 Å². The van der Waals surface area contributed by atoms with Crippen LogP contribution in [0.2, 0.25) is 5.02 Å². The van der Waals surface area contributed by atoms with Crippen LogP contribution in [0, 0.1) is 0 Å². The van der Waals surface area contributed by atoms with Gasteiger partial charge in [-0.15, -0.1) is 0 Å². The molecule has 0 atom stereocenters. The van der Waals surface area contributed by atoms with E-state index in [1.807, 2.05) is 6.92 Å². The molecule has 1 aromatic carbocycles. The molecule has 0 aliphatic rings. The molecule has 19 heavy (non-hydrogen) atoms. The molecule has 0 aliphatic carbocycles. The fourth-order valence-electron chi connectivity index (χ4n) is 1.31. The first-order valence-corrected chi connectivity index (χ1v) is 7.46. The van der Waals surface area contributed by atoms with Gasteiger partial charge in [-0.2, -0.15) is 0 Å². The lowest BCUT2D eigenvalue weighted by Gasteiger charge is -2.09. The third-order valence-electron chi connectivity index (χ3n) is 2.13. The van der Waals surface area contributed by atoms with Gasteiger partial charge in [-0.05, 0) is 25.1 Å². The maximum Gasteiger partial charge on any atom is 0.242 e. The fourth-order valence-corrected chi connectivity index (χ4v) is 2.87. The molecule has 0 saturated carbocycles. The molecule has 0 spiro atoms. The Morgan fingerprint density at radius 2 is 2.21 bits per heavy atom. The highest BCUT2D eigenvalue weighted by atomic mass is 35.5. The molecule has 1 rings (SSSR count). The fraction of sp³-hybridized carbons (Fsp3) is 0.333. The molecule has 0 aromatic heterocycles. The van der Waals surface area contributed by atoms with E-state index < -0.39 is 10.0 Å². The van der Waals surface area contributed by atoms with Crippen LogP contribution in [0.4, 0.5) is 5.69 Å². The van der Waals surface area contributed by atoms with Crippen molar-refractivity contribution < 1.29 is 13.2 Å². The van der Waals surface area contributed by atoms with Gasteiger partial charge in [-0.3, -0.25) is 0 Å². The largest absolute Gasteiger partial charge is 0.399 e. The summed E-state index contributed by atoms with van der Waals surface area (Å²) in [6.45, 7) is 6.34. The van der Waals surface area contributed by atoms with Crippen molar-refractivity contribution in [2.75, 3.05) is 25.5 Å². The predicted molar refractivity (Wildman–Crippen MR) is 76.7 cm³/mol. The summed E-state index contributed by atoms with van der Waals surface area (Å²) >= 11 is 5.85. The van der Waals surface area contributed by atoms with Gasteiger partial charge in [-0.25, -0.2) is 13.1 Å². The van der Waals surface area contributed by atoms with Crippen LogP contribution in [-0.4, -0.2) is 28.2 Å². The van der Waals surface area contributed by atoms with E-state index in [0.29, 0.717) is 12.3 Å². The minimum atomic E-state index is -3.65. The van der Waals surface area contributed by atoms with Crippen molar-refractivity contribution >= 4 is 27.3 Å². The van der Waals surface area contributed by atoms with E-state index >= 15 is 0 Å². The molecule has 0 aliphatic heterocycles. The summed E-state index contributed by atoms with van der Waals surface area (Å²) in [7, 11) is -3.65. The maximum atomic E-state index is 12.0. The molecule has 7 heteroatoms. The van der Waals surface area contributed by atoms with E-state index in [9.17, 15) is 8.42 Å². The molecule has 0 heterocycles. The van der Waals surface area contributed by atoms with E-state index in [1.165, 1.54) is 18.2 Å². The first-order valence-electron chi connectivity index (χ1n) is 5.60. The zero-order chi connectivity index (χ0) is 14.5. The molecular weight excluding hydrogens is 288 g/mol. The number of anilines is 1. The van der Waals surface area contributed by atoms with Crippen LogP contribution in [0.3, 0.4) is 0 Å². The number of rotatable bonds is 7. The van der Waals surface area contributed by atoms with Crippen molar-refractivity contribution in [3.63, 3.8) is 0 Å². The summed E-state index contributed by atoms with van der Waals surface area (Å²) in [5.74, 6) is 0. The zero-order valence-corrected chi connectivity index (χ0v) is 12.2. The predicted octanol–water partition coefficient (Wildman–Crippen LogP) is 1.79. The van der Waals surface area contributed by atoms with E-state index in [4.69, 9.17) is 22.1 Å².